The second kappa shape index (κ2) is 191. The molecule has 0 saturated heterocycles. The lowest BCUT2D eigenvalue weighted by Gasteiger charge is -2.05. The van der Waals surface area contributed by atoms with E-state index in [1.165, 1.54) is 0 Å². The zero-order valence-corrected chi connectivity index (χ0v) is 69.9. The van der Waals surface area contributed by atoms with Gasteiger partial charge < -0.3 is 18.9 Å². The lowest BCUT2D eigenvalue weighted by atomic mass is 10.0. The minimum absolute atomic E-state index is 0.500. The summed E-state index contributed by atoms with van der Waals surface area (Å²) in [5.41, 5.74) is 0.500. The molecule has 0 spiro atoms. The van der Waals surface area contributed by atoms with Crippen LogP contribution in [0.1, 0.15) is 194 Å². The Labute approximate surface area is 593 Å². The normalized spacial score (nSPS) is 6.87. The second-order valence-electron chi connectivity index (χ2n) is 15.0. The van der Waals surface area contributed by atoms with Gasteiger partial charge in [-0.05, 0) is 5.41 Å². The van der Waals surface area contributed by atoms with E-state index in [1.54, 1.807) is 56.9 Å². The van der Waals surface area contributed by atoms with E-state index in [2.05, 4.69) is 46.6 Å². The summed E-state index contributed by atoms with van der Waals surface area (Å²) in [5.74, 6) is 0. The van der Waals surface area contributed by atoms with Crippen molar-refractivity contribution in [2.24, 2.45) is 5.41 Å². The van der Waals surface area contributed by atoms with E-state index < -0.39 is 9.84 Å². The smallest absolute Gasteiger partial charge is 0.144 e. The molecule has 0 heterocycles. The number of ether oxygens (including phenoxy) is 4. The molecule has 0 saturated carbocycles. The van der Waals surface area contributed by atoms with Gasteiger partial charge in [-0.1, -0.05) is 485 Å². The van der Waals surface area contributed by atoms with Crippen LogP contribution in [0, 0.1) is 5.41 Å². The average Bonchev–Trinajstić information content (AvgIpc) is 3.67. The van der Waals surface area contributed by atoms with Crippen LogP contribution < -0.4 is 0 Å². The topological polar surface area (TPSA) is 71.1 Å². The summed E-state index contributed by atoms with van der Waals surface area (Å²) in [6.07, 6.45) is 2.32. The number of methoxy groups -OCH3 is 4. The van der Waals surface area contributed by atoms with Crippen LogP contribution in [0.2, 0.25) is 0 Å². The van der Waals surface area contributed by atoms with Crippen molar-refractivity contribution in [3.63, 3.8) is 0 Å². The van der Waals surface area contributed by atoms with Gasteiger partial charge in [0.25, 0.3) is 0 Å². The van der Waals surface area contributed by atoms with Gasteiger partial charge >= 0.3 is 0 Å². The van der Waals surface area contributed by atoms with E-state index in [4.69, 9.17) is 0 Å². The first kappa shape index (κ1) is 136. The lowest BCUT2D eigenvalue weighted by molar-refractivity contribution is 0.277. The van der Waals surface area contributed by atoms with Gasteiger partial charge in [0.05, 0.1) is 0 Å². The molecule has 0 aliphatic rings. The largest absolute Gasteiger partial charge is 0.388 e. The fourth-order valence-electron chi connectivity index (χ4n) is 3.08. The van der Waals surface area contributed by atoms with E-state index >= 15 is 0 Å². The molecule has 0 aliphatic heterocycles. The first-order valence-electron chi connectivity index (χ1n) is 34.4. The monoisotopic (exact) mass is 1340 g/mol. The first-order valence-corrected chi connectivity index (χ1v) is 36.7. The molecule has 0 atom stereocenters. The number of benzene rings is 8. The van der Waals surface area contributed by atoms with Crippen molar-refractivity contribution in [1.82, 2.24) is 0 Å². The van der Waals surface area contributed by atoms with E-state index in [-0.39, 0.29) is 0 Å². The number of rotatable bonds is 0. The van der Waals surface area contributed by atoms with Gasteiger partial charge in [0.15, 0.2) is 0 Å². The Morgan fingerprint density at radius 2 is 0.170 bits per heavy atom. The molecule has 0 aromatic heterocycles. The summed E-state index contributed by atoms with van der Waals surface area (Å²) in [4.78, 5) is 0. The van der Waals surface area contributed by atoms with Gasteiger partial charge in [-0.15, -0.1) is 0 Å². The highest BCUT2D eigenvalue weighted by atomic mass is 32.2. The van der Waals surface area contributed by atoms with Gasteiger partial charge in [-0.25, -0.2) is 8.42 Å². The number of hydrogen-bond donors (Lipinski definition) is 0. The van der Waals surface area contributed by atoms with Crippen molar-refractivity contribution < 1.29 is 27.4 Å². The Morgan fingerprint density at radius 3 is 0.181 bits per heavy atom. The highest BCUT2D eigenvalue weighted by molar-refractivity contribution is 7.89. The molecule has 0 aliphatic carbocycles. The van der Waals surface area contributed by atoms with Crippen LogP contribution in [0.4, 0.5) is 0 Å². The molecule has 7 heteroatoms. The summed E-state index contributed by atoms with van der Waals surface area (Å²) in [5, 5.41) is 0. The zero-order valence-electron chi connectivity index (χ0n) is 69.1. The Kier molecular flexibility index (Phi) is 276. The molecule has 552 valence electrons. The molecule has 8 aromatic rings. The lowest BCUT2D eigenvalue weighted by Crippen LogP contribution is -1.93. The van der Waals surface area contributed by atoms with Crippen LogP contribution in [-0.4, -0.2) is 77.8 Å². The highest BCUT2D eigenvalue weighted by Crippen LogP contribution is 2.08. The van der Waals surface area contributed by atoms with Crippen molar-refractivity contribution in [2.45, 2.75) is 194 Å². The van der Waals surface area contributed by atoms with Crippen LogP contribution in [0.15, 0.2) is 291 Å². The third-order valence-corrected chi connectivity index (χ3v) is 5.33. The number of sulfone groups is 1. The number of hydrogen-bond acceptors (Lipinski definition) is 6. The molecule has 0 N–H and O–H groups in total. The van der Waals surface area contributed by atoms with Crippen molar-refractivity contribution in [1.29, 1.82) is 0 Å². The molecule has 0 amide bonds. The summed E-state index contributed by atoms with van der Waals surface area (Å²) < 4.78 is 36.3. The Bertz CT molecular complexity index is 1360. The average molecular weight is 1340 g/mol. The van der Waals surface area contributed by atoms with Gasteiger partial charge in [-0.2, -0.15) is 0 Å². The molecule has 0 radical (unpaired) electrons. The fourth-order valence-corrected chi connectivity index (χ4v) is 3.08. The van der Waals surface area contributed by atoms with Gasteiger partial charge in [0.2, 0.25) is 0 Å². The summed E-state index contributed by atoms with van der Waals surface area (Å²) in [7, 11) is 10.3. The van der Waals surface area contributed by atoms with Crippen LogP contribution in [0.3, 0.4) is 0 Å². The van der Waals surface area contributed by atoms with Crippen molar-refractivity contribution >= 4 is 9.84 Å². The molecule has 94 heavy (non-hydrogen) atoms. The Balaban J connectivity index is -0.0000000406. The molecule has 0 fully saturated rings. The zero-order chi connectivity index (χ0) is 77.8. The highest BCUT2D eigenvalue weighted by Gasteiger charge is 1.95. The van der Waals surface area contributed by atoms with Gasteiger partial charge in [0.1, 0.15) is 9.84 Å². The third-order valence-electron chi connectivity index (χ3n) is 5.33. The maximum atomic E-state index is 9.63. The predicted molar refractivity (Wildman–Crippen MR) is 445 cm³/mol. The summed E-state index contributed by atoms with van der Waals surface area (Å²) in [6.45, 7) is 56.8. The Hall–Kier alpha value is -6.45. The second-order valence-corrected chi connectivity index (χ2v) is 17.3. The molecular formula is C87H162O6S. The van der Waals surface area contributed by atoms with Gasteiger partial charge in [-0.3, -0.25) is 0 Å². The van der Waals surface area contributed by atoms with Crippen molar-refractivity contribution in [2.75, 3.05) is 69.4 Å². The molecule has 8 aromatic carbocycles. The van der Waals surface area contributed by atoms with Gasteiger partial charge in [0, 0.05) is 69.4 Å². The minimum Gasteiger partial charge on any atom is -0.388 e. The van der Waals surface area contributed by atoms with Crippen molar-refractivity contribution in [3.8, 4) is 0 Å². The molecular weight excluding hydrogens is 1170 g/mol. The van der Waals surface area contributed by atoms with E-state index in [9.17, 15) is 8.42 Å². The van der Waals surface area contributed by atoms with Crippen LogP contribution >= 0.6 is 0 Å². The van der Waals surface area contributed by atoms with E-state index in [0.717, 1.165) is 12.5 Å². The molecule has 6 nitrogen and oxygen atoms in total. The fraction of sp³-hybridized carbons (Fsp3) is 0.448. The molecule has 0 bridgehead atoms. The van der Waals surface area contributed by atoms with E-state index in [0.29, 0.717) is 5.41 Å². The van der Waals surface area contributed by atoms with Crippen molar-refractivity contribution in [3.05, 3.63) is 291 Å². The maximum Gasteiger partial charge on any atom is 0.144 e. The Morgan fingerprint density at radius 1 is 0.160 bits per heavy atom. The summed E-state index contributed by atoms with van der Waals surface area (Å²) >= 11 is 0. The molecule has 8 rings (SSSR count). The summed E-state index contributed by atoms with van der Waals surface area (Å²) in [6, 6.07) is 96.0. The predicted octanol–water partition coefficient (Wildman–Crippen LogP) is 28.6. The van der Waals surface area contributed by atoms with Crippen LogP contribution in [-0.2, 0) is 28.8 Å². The first-order chi connectivity index (χ1) is 45.7. The standard InChI is InChI=1S/8C6H6.C5H12.C2H6O2S.4C2H6O.12C2H6/c8*1-2-4-6-5-3-1;2*1-5(2,3)4;4*1-3-2;12*1-2/h8*1-6H;1-4H3;1-2H3;4*1-2H3;12*1-2H3. The van der Waals surface area contributed by atoms with Crippen LogP contribution in [0.25, 0.3) is 0 Å². The van der Waals surface area contributed by atoms with E-state index in [1.807, 2.05) is 457 Å². The SMILES string of the molecule is CC.CC.CC.CC.CC.CC.CC.CC.CC.CC.CC.CC.CC(C)(C)C.COC.COC.COC.COC.CS(C)(=O)=O.c1ccccc1.c1ccccc1.c1ccccc1.c1ccccc1.c1ccccc1.c1ccccc1.c1ccccc1.c1ccccc1. The maximum absolute atomic E-state index is 9.63. The molecule has 0 unspecified atom stereocenters. The quantitative estimate of drug-likeness (QED) is 0.151. The third kappa shape index (κ3) is 354. The minimum atomic E-state index is -2.67. The van der Waals surface area contributed by atoms with Crippen LogP contribution in [0.5, 0.6) is 0 Å².